The molecule has 0 spiro atoms. The van der Waals surface area contributed by atoms with Crippen LogP contribution in [0.3, 0.4) is 0 Å². The van der Waals surface area contributed by atoms with Crippen LogP contribution in [-0.2, 0) is 13.1 Å². The first-order valence-corrected chi connectivity index (χ1v) is 7.26. The normalized spacial score (nSPS) is 19.6. The van der Waals surface area contributed by atoms with Crippen LogP contribution in [0.15, 0.2) is 18.2 Å². The van der Waals surface area contributed by atoms with Crippen molar-refractivity contribution in [2.24, 2.45) is 11.1 Å². The summed E-state index contributed by atoms with van der Waals surface area (Å²) in [7, 11) is 0. The molecule has 1 aromatic rings. The van der Waals surface area contributed by atoms with Crippen LogP contribution in [0.25, 0.3) is 0 Å². The van der Waals surface area contributed by atoms with E-state index < -0.39 is 0 Å². The second-order valence-electron chi connectivity index (χ2n) is 6.06. The highest BCUT2D eigenvalue weighted by atomic mass is 19.1. The molecule has 0 atom stereocenters. The molecule has 0 bridgehead atoms. The van der Waals surface area contributed by atoms with E-state index in [0.717, 1.165) is 25.2 Å². The van der Waals surface area contributed by atoms with E-state index in [2.05, 4.69) is 18.7 Å². The summed E-state index contributed by atoms with van der Waals surface area (Å²) in [6.07, 6.45) is 3.76. The van der Waals surface area contributed by atoms with Gasteiger partial charge in [0.1, 0.15) is 5.82 Å². The Hall–Kier alpha value is -0.930. The van der Waals surface area contributed by atoms with Gasteiger partial charge in [0, 0.05) is 13.1 Å². The van der Waals surface area contributed by atoms with Crippen molar-refractivity contribution >= 4 is 0 Å². The Balaban J connectivity index is 1.99. The number of piperidine rings is 1. The summed E-state index contributed by atoms with van der Waals surface area (Å²) in [6, 6.07) is 4.98. The lowest BCUT2D eigenvalue weighted by Crippen LogP contribution is -2.38. The highest BCUT2D eigenvalue weighted by Gasteiger charge is 2.28. The Kier molecular flexibility index (Phi) is 4.58. The molecule has 0 aliphatic carbocycles. The minimum Gasteiger partial charge on any atom is -0.326 e. The standard InChI is InChI=1S/C16H25FN2/c1-3-16(2)6-8-19(9-7-16)12-13-4-5-15(17)10-14(13)11-18/h4-5,10H,3,6-9,11-12,18H2,1-2H3. The van der Waals surface area contributed by atoms with Crippen molar-refractivity contribution in [3.63, 3.8) is 0 Å². The number of nitrogens with zero attached hydrogens (tertiary/aromatic N) is 1. The van der Waals surface area contributed by atoms with Gasteiger partial charge in [-0.2, -0.15) is 0 Å². The molecule has 1 heterocycles. The molecule has 1 saturated heterocycles. The van der Waals surface area contributed by atoms with Gasteiger partial charge >= 0.3 is 0 Å². The Morgan fingerprint density at radius 1 is 1.26 bits per heavy atom. The molecule has 2 N–H and O–H groups in total. The van der Waals surface area contributed by atoms with Gasteiger partial charge in [0.05, 0.1) is 0 Å². The van der Waals surface area contributed by atoms with Gasteiger partial charge in [-0.25, -0.2) is 4.39 Å². The van der Waals surface area contributed by atoms with Crippen LogP contribution in [-0.4, -0.2) is 18.0 Å². The van der Waals surface area contributed by atoms with Crippen molar-refractivity contribution in [1.82, 2.24) is 4.90 Å². The van der Waals surface area contributed by atoms with E-state index in [-0.39, 0.29) is 5.82 Å². The molecule has 1 aromatic carbocycles. The Bertz CT molecular complexity index is 423. The molecular formula is C16H25FN2. The van der Waals surface area contributed by atoms with Gasteiger partial charge in [-0.05, 0) is 54.6 Å². The zero-order chi connectivity index (χ0) is 13.9. The van der Waals surface area contributed by atoms with Crippen LogP contribution < -0.4 is 5.73 Å². The summed E-state index contributed by atoms with van der Waals surface area (Å²) in [5.74, 6) is -0.193. The summed E-state index contributed by atoms with van der Waals surface area (Å²) in [6.45, 7) is 8.23. The average Bonchev–Trinajstić information content (AvgIpc) is 2.43. The van der Waals surface area contributed by atoms with E-state index >= 15 is 0 Å². The van der Waals surface area contributed by atoms with E-state index in [1.165, 1.54) is 30.9 Å². The second-order valence-corrected chi connectivity index (χ2v) is 6.06. The van der Waals surface area contributed by atoms with Crippen molar-refractivity contribution < 1.29 is 4.39 Å². The van der Waals surface area contributed by atoms with E-state index in [9.17, 15) is 4.39 Å². The van der Waals surface area contributed by atoms with Crippen LogP contribution >= 0.6 is 0 Å². The van der Waals surface area contributed by atoms with Crippen LogP contribution in [0, 0.1) is 11.2 Å². The quantitative estimate of drug-likeness (QED) is 0.904. The van der Waals surface area contributed by atoms with Crippen LogP contribution in [0.4, 0.5) is 4.39 Å². The lowest BCUT2D eigenvalue weighted by Gasteiger charge is -2.39. The highest BCUT2D eigenvalue weighted by Crippen LogP contribution is 2.34. The van der Waals surface area contributed by atoms with E-state index in [1.807, 2.05) is 6.07 Å². The number of likely N-dealkylation sites (tertiary alicyclic amines) is 1. The number of nitrogens with two attached hydrogens (primary N) is 1. The summed E-state index contributed by atoms with van der Waals surface area (Å²) >= 11 is 0. The molecule has 2 rings (SSSR count). The second kappa shape index (κ2) is 6.02. The molecule has 1 aliphatic rings. The number of benzene rings is 1. The first kappa shape index (κ1) is 14.5. The SMILES string of the molecule is CCC1(C)CCN(Cc2ccc(F)cc2CN)CC1. The van der Waals surface area contributed by atoms with Gasteiger partial charge in [-0.1, -0.05) is 26.3 Å². The van der Waals surface area contributed by atoms with Crippen LogP contribution in [0.2, 0.25) is 0 Å². The summed E-state index contributed by atoms with van der Waals surface area (Å²) in [5, 5.41) is 0. The Morgan fingerprint density at radius 3 is 2.53 bits per heavy atom. The van der Waals surface area contributed by atoms with Crippen molar-refractivity contribution in [2.45, 2.75) is 46.2 Å². The third-order valence-corrected chi connectivity index (χ3v) is 4.70. The predicted molar refractivity (Wildman–Crippen MR) is 77.2 cm³/mol. The lowest BCUT2D eigenvalue weighted by atomic mass is 9.78. The van der Waals surface area contributed by atoms with Crippen molar-refractivity contribution in [1.29, 1.82) is 0 Å². The predicted octanol–water partition coefficient (Wildman–Crippen LogP) is 3.30. The average molecular weight is 264 g/mol. The number of hydrogen-bond donors (Lipinski definition) is 1. The largest absolute Gasteiger partial charge is 0.326 e. The van der Waals surface area contributed by atoms with Gasteiger partial charge in [-0.3, -0.25) is 4.90 Å². The molecule has 0 saturated carbocycles. The maximum atomic E-state index is 13.2. The fourth-order valence-electron chi connectivity index (χ4n) is 2.78. The molecule has 0 amide bonds. The third kappa shape index (κ3) is 3.54. The molecule has 0 radical (unpaired) electrons. The number of halogens is 1. The smallest absolute Gasteiger partial charge is 0.123 e. The van der Waals surface area contributed by atoms with Crippen LogP contribution in [0.1, 0.15) is 44.2 Å². The molecular weight excluding hydrogens is 239 g/mol. The van der Waals surface area contributed by atoms with Crippen molar-refractivity contribution in [3.05, 3.63) is 35.1 Å². The van der Waals surface area contributed by atoms with E-state index in [0.29, 0.717) is 12.0 Å². The highest BCUT2D eigenvalue weighted by molar-refractivity contribution is 5.27. The Morgan fingerprint density at radius 2 is 1.95 bits per heavy atom. The van der Waals surface area contributed by atoms with Crippen molar-refractivity contribution in [2.75, 3.05) is 13.1 Å². The molecule has 3 heteroatoms. The van der Waals surface area contributed by atoms with Gasteiger partial charge < -0.3 is 5.73 Å². The molecule has 0 unspecified atom stereocenters. The van der Waals surface area contributed by atoms with Crippen LogP contribution in [0.5, 0.6) is 0 Å². The lowest BCUT2D eigenvalue weighted by molar-refractivity contribution is 0.109. The number of hydrogen-bond acceptors (Lipinski definition) is 2. The van der Waals surface area contributed by atoms with E-state index in [4.69, 9.17) is 5.73 Å². The van der Waals surface area contributed by atoms with Gasteiger partial charge in [-0.15, -0.1) is 0 Å². The maximum absolute atomic E-state index is 13.2. The summed E-state index contributed by atoms with van der Waals surface area (Å²) in [4.78, 5) is 2.46. The fraction of sp³-hybridized carbons (Fsp3) is 0.625. The molecule has 106 valence electrons. The first-order chi connectivity index (χ1) is 9.06. The molecule has 1 fully saturated rings. The monoisotopic (exact) mass is 264 g/mol. The molecule has 2 nitrogen and oxygen atoms in total. The minimum absolute atomic E-state index is 0.193. The number of rotatable bonds is 4. The van der Waals surface area contributed by atoms with E-state index in [1.54, 1.807) is 6.07 Å². The zero-order valence-electron chi connectivity index (χ0n) is 12.1. The minimum atomic E-state index is -0.193. The Labute approximate surface area is 115 Å². The van der Waals surface area contributed by atoms with Gasteiger partial charge in [0.15, 0.2) is 0 Å². The van der Waals surface area contributed by atoms with Gasteiger partial charge in [0.25, 0.3) is 0 Å². The topological polar surface area (TPSA) is 29.3 Å². The molecule has 19 heavy (non-hydrogen) atoms. The maximum Gasteiger partial charge on any atom is 0.123 e. The first-order valence-electron chi connectivity index (χ1n) is 7.26. The molecule has 0 aromatic heterocycles. The summed E-state index contributed by atoms with van der Waals surface area (Å²) < 4.78 is 13.2. The summed E-state index contributed by atoms with van der Waals surface area (Å²) in [5.41, 5.74) is 8.32. The van der Waals surface area contributed by atoms with Crippen molar-refractivity contribution in [3.8, 4) is 0 Å². The van der Waals surface area contributed by atoms with Gasteiger partial charge in [0.2, 0.25) is 0 Å². The fourth-order valence-corrected chi connectivity index (χ4v) is 2.78. The molecule has 1 aliphatic heterocycles. The third-order valence-electron chi connectivity index (χ3n) is 4.70. The zero-order valence-corrected chi connectivity index (χ0v) is 12.1.